The molecule has 0 aliphatic heterocycles. The quantitative estimate of drug-likeness (QED) is 0.527. The van der Waals surface area contributed by atoms with Crippen molar-refractivity contribution >= 4 is 46.6 Å². The van der Waals surface area contributed by atoms with Crippen LogP contribution in [0, 0.1) is 4.77 Å². The standard InChI is InChI=1S/C14H11ClN2S2/c1-19-12-8-3-2-6-10(12)17-11-7-4-5-9(15)13(11)16-14(17)18/h2-8H,1H3,(H,16,18). The van der Waals surface area contributed by atoms with Gasteiger partial charge in [0.15, 0.2) is 4.77 Å². The minimum absolute atomic E-state index is 0.657. The van der Waals surface area contributed by atoms with Crippen LogP contribution in [0.5, 0.6) is 0 Å². The summed E-state index contributed by atoms with van der Waals surface area (Å²) < 4.78 is 2.69. The highest BCUT2D eigenvalue weighted by Gasteiger charge is 2.11. The number of nitrogens with zero attached hydrogens (tertiary/aromatic N) is 1. The third-order valence-corrected chi connectivity index (χ3v) is 4.38. The SMILES string of the molecule is CSc1ccccc1-n1c(=S)[nH]c2c(Cl)cccc21. The van der Waals surface area contributed by atoms with E-state index >= 15 is 0 Å². The molecule has 2 nitrogen and oxygen atoms in total. The van der Waals surface area contributed by atoms with E-state index in [2.05, 4.69) is 23.4 Å². The van der Waals surface area contributed by atoms with E-state index in [1.165, 1.54) is 4.90 Å². The van der Waals surface area contributed by atoms with Gasteiger partial charge in [0.1, 0.15) is 0 Å². The first-order valence-electron chi connectivity index (χ1n) is 5.75. The summed E-state index contributed by atoms with van der Waals surface area (Å²) in [7, 11) is 0. The number of benzene rings is 2. The van der Waals surface area contributed by atoms with Crippen molar-refractivity contribution in [3.8, 4) is 5.69 Å². The van der Waals surface area contributed by atoms with Crippen LogP contribution in [0.3, 0.4) is 0 Å². The monoisotopic (exact) mass is 306 g/mol. The highest BCUT2D eigenvalue weighted by atomic mass is 35.5. The summed E-state index contributed by atoms with van der Waals surface area (Å²) in [6.07, 6.45) is 2.06. The molecule has 0 fully saturated rings. The number of thioether (sulfide) groups is 1. The van der Waals surface area contributed by atoms with Crippen molar-refractivity contribution in [1.29, 1.82) is 0 Å². The molecule has 19 heavy (non-hydrogen) atoms. The number of fused-ring (bicyclic) bond motifs is 1. The highest BCUT2D eigenvalue weighted by molar-refractivity contribution is 7.98. The number of imidazole rings is 1. The molecule has 0 saturated heterocycles. The lowest BCUT2D eigenvalue weighted by atomic mass is 10.3. The molecule has 2 aromatic carbocycles. The zero-order valence-corrected chi connectivity index (χ0v) is 12.6. The summed E-state index contributed by atoms with van der Waals surface area (Å²) in [5.74, 6) is 0. The van der Waals surface area contributed by atoms with Gasteiger partial charge in [0.2, 0.25) is 0 Å². The van der Waals surface area contributed by atoms with Gasteiger partial charge < -0.3 is 4.98 Å². The Bertz CT molecular complexity index is 805. The first-order valence-corrected chi connectivity index (χ1v) is 7.76. The molecule has 0 spiro atoms. The second kappa shape index (κ2) is 5.04. The van der Waals surface area contributed by atoms with Gasteiger partial charge in [-0.2, -0.15) is 0 Å². The fraction of sp³-hybridized carbons (Fsp3) is 0.0714. The zero-order valence-electron chi connectivity index (χ0n) is 10.2. The van der Waals surface area contributed by atoms with Crippen molar-refractivity contribution < 1.29 is 0 Å². The molecule has 0 aliphatic rings. The zero-order chi connectivity index (χ0) is 13.4. The van der Waals surface area contributed by atoms with E-state index in [0.29, 0.717) is 9.79 Å². The Hall–Kier alpha value is -1.23. The summed E-state index contributed by atoms with van der Waals surface area (Å²) in [5.41, 5.74) is 2.96. The molecule has 96 valence electrons. The average molecular weight is 307 g/mol. The topological polar surface area (TPSA) is 20.7 Å². The van der Waals surface area contributed by atoms with Crippen LogP contribution in [0.4, 0.5) is 0 Å². The summed E-state index contributed by atoms with van der Waals surface area (Å²) >= 11 is 13.4. The molecular formula is C14H11ClN2S2. The van der Waals surface area contributed by atoms with Crippen LogP contribution in [0.1, 0.15) is 0 Å². The van der Waals surface area contributed by atoms with Gasteiger partial charge >= 0.3 is 0 Å². The van der Waals surface area contributed by atoms with Gasteiger partial charge in [-0.1, -0.05) is 29.8 Å². The van der Waals surface area contributed by atoms with Crippen LogP contribution in [-0.4, -0.2) is 15.8 Å². The van der Waals surface area contributed by atoms with Crippen molar-refractivity contribution in [2.75, 3.05) is 6.26 Å². The van der Waals surface area contributed by atoms with Crippen LogP contribution in [0.25, 0.3) is 16.7 Å². The van der Waals surface area contributed by atoms with Crippen molar-refractivity contribution in [1.82, 2.24) is 9.55 Å². The fourth-order valence-electron chi connectivity index (χ4n) is 2.15. The third kappa shape index (κ3) is 2.10. The van der Waals surface area contributed by atoms with Gasteiger partial charge in [-0.05, 0) is 42.7 Å². The van der Waals surface area contributed by atoms with Crippen molar-refractivity contribution in [3.05, 3.63) is 52.3 Å². The molecule has 0 aliphatic carbocycles. The van der Waals surface area contributed by atoms with Gasteiger partial charge in [-0.15, -0.1) is 11.8 Å². The van der Waals surface area contributed by atoms with E-state index < -0.39 is 0 Å². The van der Waals surface area contributed by atoms with Crippen LogP contribution in [-0.2, 0) is 0 Å². The smallest absolute Gasteiger partial charge is 0.182 e. The van der Waals surface area contributed by atoms with Gasteiger partial charge in [0.25, 0.3) is 0 Å². The number of H-pyrrole nitrogens is 1. The first kappa shape index (κ1) is 12.8. The molecule has 0 saturated carbocycles. The number of halogens is 1. The molecule has 3 rings (SSSR count). The summed E-state index contributed by atoms with van der Waals surface area (Å²) in [6, 6.07) is 14.0. The molecule has 1 heterocycles. The van der Waals surface area contributed by atoms with Crippen molar-refractivity contribution in [3.63, 3.8) is 0 Å². The maximum atomic E-state index is 6.21. The molecule has 0 radical (unpaired) electrons. The molecule has 0 bridgehead atoms. The minimum atomic E-state index is 0.657. The Kier molecular flexibility index (Phi) is 3.39. The van der Waals surface area contributed by atoms with Crippen LogP contribution < -0.4 is 0 Å². The van der Waals surface area contributed by atoms with Crippen LogP contribution in [0.2, 0.25) is 5.02 Å². The first-order chi connectivity index (χ1) is 9.22. The Morgan fingerprint density at radius 1 is 1.16 bits per heavy atom. The molecule has 1 aromatic heterocycles. The fourth-order valence-corrected chi connectivity index (χ4v) is 3.25. The number of aromatic nitrogens is 2. The summed E-state index contributed by atoms with van der Waals surface area (Å²) in [5, 5.41) is 0.684. The molecular weight excluding hydrogens is 296 g/mol. The Morgan fingerprint density at radius 2 is 1.95 bits per heavy atom. The van der Waals surface area contributed by atoms with E-state index in [1.807, 2.05) is 34.9 Å². The molecule has 3 aromatic rings. The normalized spacial score (nSPS) is 11.1. The van der Waals surface area contributed by atoms with Gasteiger partial charge in [-0.25, -0.2) is 0 Å². The predicted molar refractivity (Wildman–Crippen MR) is 85.3 cm³/mol. The van der Waals surface area contributed by atoms with E-state index in [1.54, 1.807) is 11.8 Å². The molecule has 0 atom stereocenters. The van der Waals surface area contributed by atoms with Crippen LogP contribution in [0.15, 0.2) is 47.4 Å². The van der Waals surface area contributed by atoms with Gasteiger partial charge in [0.05, 0.1) is 21.7 Å². The number of rotatable bonds is 2. The average Bonchev–Trinajstić information content (AvgIpc) is 2.76. The van der Waals surface area contributed by atoms with Crippen molar-refractivity contribution in [2.24, 2.45) is 0 Å². The lowest BCUT2D eigenvalue weighted by molar-refractivity contribution is 1.03. The van der Waals surface area contributed by atoms with Crippen LogP contribution >= 0.6 is 35.6 Å². The lowest BCUT2D eigenvalue weighted by Gasteiger charge is -2.09. The number of nitrogens with one attached hydrogen (secondary N) is 1. The molecule has 1 N–H and O–H groups in total. The van der Waals surface area contributed by atoms with Gasteiger partial charge in [0, 0.05) is 4.90 Å². The lowest BCUT2D eigenvalue weighted by Crippen LogP contribution is -1.95. The second-order valence-electron chi connectivity index (χ2n) is 4.07. The predicted octanol–water partition coefficient (Wildman–Crippen LogP) is 5.06. The molecule has 0 amide bonds. The molecule has 0 unspecified atom stereocenters. The second-order valence-corrected chi connectivity index (χ2v) is 5.71. The van der Waals surface area contributed by atoms with E-state index in [0.717, 1.165) is 16.7 Å². The maximum absolute atomic E-state index is 6.21. The van der Waals surface area contributed by atoms with Crippen molar-refractivity contribution in [2.45, 2.75) is 4.90 Å². The van der Waals surface area contributed by atoms with Gasteiger partial charge in [-0.3, -0.25) is 4.57 Å². The van der Waals surface area contributed by atoms with E-state index in [-0.39, 0.29) is 0 Å². The highest BCUT2D eigenvalue weighted by Crippen LogP contribution is 2.29. The minimum Gasteiger partial charge on any atom is -0.329 e. The number of para-hydroxylation sites is 2. The summed E-state index contributed by atoms with van der Waals surface area (Å²) in [6.45, 7) is 0. The third-order valence-electron chi connectivity index (χ3n) is 2.99. The Balaban J connectivity index is 2.40. The maximum Gasteiger partial charge on any atom is 0.182 e. The largest absolute Gasteiger partial charge is 0.329 e. The van der Waals surface area contributed by atoms with E-state index in [4.69, 9.17) is 23.8 Å². The number of hydrogen-bond acceptors (Lipinski definition) is 2. The molecule has 5 heteroatoms. The number of hydrogen-bond donors (Lipinski definition) is 1. The Morgan fingerprint density at radius 3 is 2.74 bits per heavy atom. The summed E-state index contributed by atoms with van der Waals surface area (Å²) in [4.78, 5) is 4.36. The number of aromatic amines is 1. The van der Waals surface area contributed by atoms with E-state index in [9.17, 15) is 0 Å². The Labute approximate surface area is 125 Å².